The van der Waals surface area contributed by atoms with Gasteiger partial charge in [0.05, 0.1) is 16.5 Å². The van der Waals surface area contributed by atoms with E-state index in [4.69, 9.17) is 34.8 Å². The Bertz CT molecular complexity index is 889. The second kappa shape index (κ2) is 11.6. The molecule has 0 fully saturated rings. The summed E-state index contributed by atoms with van der Waals surface area (Å²) < 4.78 is 0. The maximum absolute atomic E-state index is 13.3. The van der Waals surface area contributed by atoms with Gasteiger partial charge in [0.2, 0.25) is 11.8 Å². The standard InChI is InChI=1S/C23H27Cl3N2O2/c1-4-15(3)27-23(30)21(5-2)28(14-17-8-6-7-9-18(17)24)22(29)13-16-10-11-19(25)20(26)12-16/h6-12,15,21H,4-5,13-14H2,1-3H3,(H,27,30). The van der Waals surface area contributed by atoms with E-state index in [2.05, 4.69) is 5.32 Å². The monoisotopic (exact) mass is 468 g/mol. The van der Waals surface area contributed by atoms with Crippen LogP contribution in [0.2, 0.25) is 15.1 Å². The normalized spacial score (nSPS) is 12.9. The van der Waals surface area contributed by atoms with Crippen molar-refractivity contribution in [3.05, 3.63) is 68.7 Å². The molecule has 0 bridgehead atoms. The fraction of sp³-hybridized carbons (Fsp3) is 0.391. The highest BCUT2D eigenvalue weighted by Crippen LogP contribution is 2.24. The molecule has 0 aromatic heterocycles. The van der Waals surface area contributed by atoms with Crippen LogP contribution < -0.4 is 5.32 Å². The Labute approximate surface area is 193 Å². The Morgan fingerprint density at radius 3 is 2.27 bits per heavy atom. The smallest absolute Gasteiger partial charge is 0.243 e. The van der Waals surface area contributed by atoms with Crippen LogP contribution in [-0.4, -0.2) is 28.8 Å². The maximum Gasteiger partial charge on any atom is 0.243 e. The lowest BCUT2D eigenvalue weighted by molar-refractivity contribution is -0.141. The summed E-state index contributed by atoms with van der Waals surface area (Å²) in [5.74, 6) is -0.346. The van der Waals surface area contributed by atoms with E-state index in [1.807, 2.05) is 39.0 Å². The largest absolute Gasteiger partial charge is 0.352 e. The van der Waals surface area contributed by atoms with E-state index >= 15 is 0 Å². The third-order valence-corrected chi connectivity index (χ3v) is 6.13. The number of nitrogens with zero attached hydrogens (tertiary/aromatic N) is 1. The summed E-state index contributed by atoms with van der Waals surface area (Å²) >= 11 is 18.4. The summed E-state index contributed by atoms with van der Waals surface area (Å²) in [6.45, 7) is 6.09. The van der Waals surface area contributed by atoms with Gasteiger partial charge in [0.1, 0.15) is 6.04 Å². The minimum absolute atomic E-state index is 0.0267. The van der Waals surface area contributed by atoms with Crippen LogP contribution in [0.3, 0.4) is 0 Å². The molecule has 0 radical (unpaired) electrons. The van der Waals surface area contributed by atoms with Crippen molar-refractivity contribution in [3.63, 3.8) is 0 Å². The molecule has 2 unspecified atom stereocenters. The van der Waals surface area contributed by atoms with Crippen LogP contribution in [0.4, 0.5) is 0 Å². The molecule has 2 amide bonds. The van der Waals surface area contributed by atoms with E-state index in [0.717, 1.165) is 17.5 Å². The third kappa shape index (κ3) is 6.63. The summed E-state index contributed by atoms with van der Waals surface area (Å²) in [7, 11) is 0. The van der Waals surface area contributed by atoms with Gasteiger partial charge in [-0.25, -0.2) is 0 Å². The molecule has 0 aliphatic heterocycles. The molecular weight excluding hydrogens is 443 g/mol. The Morgan fingerprint density at radius 1 is 0.967 bits per heavy atom. The lowest BCUT2D eigenvalue weighted by atomic mass is 10.1. The molecule has 162 valence electrons. The van der Waals surface area contributed by atoms with Crippen molar-refractivity contribution in [1.29, 1.82) is 0 Å². The number of benzene rings is 2. The summed E-state index contributed by atoms with van der Waals surface area (Å²) in [6.07, 6.45) is 1.40. The number of carbonyl (C=O) groups excluding carboxylic acids is 2. The van der Waals surface area contributed by atoms with Gasteiger partial charge in [-0.05, 0) is 49.1 Å². The van der Waals surface area contributed by atoms with E-state index in [9.17, 15) is 9.59 Å². The first-order valence-electron chi connectivity index (χ1n) is 10.0. The molecule has 0 saturated heterocycles. The van der Waals surface area contributed by atoms with Crippen molar-refractivity contribution in [2.75, 3.05) is 0 Å². The van der Waals surface area contributed by atoms with Gasteiger partial charge in [-0.3, -0.25) is 9.59 Å². The van der Waals surface area contributed by atoms with Crippen LogP contribution >= 0.6 is 34.8 Å². The summed E-state index contributed by atoms with van der Waals surface area (Å²) in [5, 5.41) is 4.37. The minimum Gasteiger partial charge on any atom is -0.352 e. The highest BCUT2D eigenvalue weighted by atomic mass is 35.5. The predicted octanol–water partition coefficient (Wildman–Crippen LogP) is 5.91. The number of nitrogens with one attached hydrogen (secondary N) is 1. The molecule has 4 nitrogen and oxygen atoms in total. The highest BCUT2D eigenvalue weighted by molar-refractivity contribution is 6.42. The number of hydrogen-bond donors (Lipinski definition) is 1. The molecule has 2 rings (SSSR count). The van der Waals surface area contributed by atoms with E-state index in [0.29, 0.717) is 21.5 Å². The number of halogens is 3. The SMILES string of the molecule is CCC(C)NC(=O)C(CC)N(Cc1ccccc1Cl)C(=O)Cc1ccc(Cl)c(Cl)c1. The van der Waals surface area contributed by atoms with E-state index in [1.165, 1.54) is 0 Å². The first kappa shape index (κ1) is 24.5. The Balaban J connectivity index is 2.33. The zero-order valence-electron chi connectivity index (χ0n) is 17.4. The summed E-state index contributed by atoms with van der Waals surface area (Å²) in [4.78, 5) is 27.8. The molecule has 0 aliphatic rings. The topological polar surface area (TPSA) is 49.4 Å². The fourth-order valence-electron chi connectivity index (χ4n) is 3.10. The number of hydrogen-bond acceptors (Lipinski definition) is 2. The average molecular weight is 470 g/mol. The van der Waals surface area contributed by atoms with E-state index in [-0.39, 0.29) is 30.8 Å². The quantitative estimate of drug-likeness (QED) is 0.496. The first-order chi connectivity index (χ1) is 14.3. The van der Waals surface area contributed by atoms with Crippen LogP contribution in [0.5, 0.6) is 0 Å². The van der Waals surface area contributed by atoms with Gasteiger partial charge >= 0.3 is 0 Å². The maximum atomic E-state index is 13.3. The van der Waals surface area contributed by atoms with E-state index in [1.54, 1.807) is 29.2 Å². The van der Waals surface area contributed by atoms with E-state index < -0.39 is 6.04 Å². The van der Waals surface area contributed by atoms with Crippen molar-refractivity contribution >= 4 is 46.6 Å². The van der Waals surface area contributed by atoms with Crippen molar-refractivity contribution < 1.29 is 9.59 Å². The van der Waals surface area contributed by atoms with Gasteiger partial charge in [-0.1, -0.05) is 72.9 Å². The predicted molar refractivity (Wildman–Crippen MR) is 124 cm³/mol. The molecule has 7 heteroatoms. The van der Waals surface area contributed by atoms with Crippen LogP contribution in [0.1, 0.15) is 44.7 Å². The zero-order chi connectivity index (χ0) is 22.3. The van der Waals surface area contributed by atoms with Crippen LogP contribution in [0, 0.1) is 0 Å². The molecule has 30 heavy (non-hydrogen) atoms. The molecule has 0 heterocycles. The second-order valence-corrected chi connectivity index (χ2v) is 8.50. The Morgan fingerprint density at radius 2 is 1.67 bits per heavy atom. The van der Waals surface area contributed by atoms with Crippen LogP contribution in [0.25, 0.3) is 0 Å². The van der Waals surface area contributed by atoms with Gasteiger partial charge in [-0.15, -0.1) is 0 Å². The van der Waals surface area contributed by atoms with Crippen LogP contribution in [-0.2, 0) is 22.6 Å². The van der Waals surface area contributed by atoms with Crippen molar-refractivity contribution in [3.8, 4) is 0 Å². The molecule has 0 aliphatic carbocycles. The summed E-state index contributed by atoms with van der Waals surface area (Å²) in [5.41, 5.74) is 1.52. The highest BCUT2D eigenvalue weighted by Gasteiger charge is 2.29. The van der Waals surface area contributed by atoms with Gasteiger partial charge in [0.25, 0.3) is 0 Å². The number of amides is 2. The summed E-state index contributed by atoms with van der Waals surface area (Å²) in [6, 6.07) is 11.9. The molecule has 0 spiro atoms. The Kier molecular flexibility index (Phi) is 9.47. The van der Waals surface area contributed by atoms with Gasteiger partial charge in [-0.2, -0.15) is 0 Å². The molecule has 2 aromatic carbocycles. The lowest BCUT2D eigenvalue weighted by Crippen LogP contribution is -2.51. The minimum atomic E-state index is -0.606. The second-order valence-electron chi connectivity index (χ2n) is 7.28. The van der Waals surface area contributed by atoms with Crippen molar-refractivity contribution in [1.82, 2.24) is 10.2 Å². The van der Waals surface area contributed by atoms with Crippen molar-refractivity contribution in [2.24, 2.45) is 0 Å². The first-order valence-corrected chi connectivity index (χ1v) is 11.2. The molecule has 0 saturated carbocycles. The van der Waals surface area contributed by atoms with Gasteiger partial charge < -0.3 is 10.2 Å². The molecule has 2 atom stereocenters. The zero-order valence-corrected chi connectivity index (χ0v) is 19.7. The average Bonchev–Trinajstić information content (AvgIpc) is 2.71. The fourth-order valence-corrected chi connectivity index (χ4v) is 3.61. The molecule has 1 N–H and O–H groups in total. The van der Waals surface area contributed by atoms with Crippen LogP contribution in [0.15, 0.2) is 42.5 Å². The van der Waals surface area contributed by atoms with Crippen molar-refractivity contribution in [2.45, 2.75) is 58.7 Å². The number of rotatable bonds is 9. The third-order valence-electron chi connectivity index (χ3n) is 5.02. The lowest BCUT2D eigenvalue weighted by Gasteiger charge is -2.32. The van der Waals surface area contributed by atoms with Gasteiger partial charge in [0, 0.05) is 17.6 Å². The molecular formula is C23H27Cl3N2O2. The number of carbonyl (C=O) groups is 2. The molecule has 2 aromatic rings. The Hall–Kier alpha value is -1.75. The van der Waals surface area contributed by atoms with Gasteiger partial charge in [0.15, 0.2) is 0 Å².